The molecular formula is C40H32F8FeN4. The summed E-state index contributed by atoms with van der Waals surface area (Å²) < 4.78 is 103. The second-order valence-corrected chi connectivity index (χ2v) is 13.3. The van der Waals surface area contributed by atoms with Crippen LogP contribution < -0.4 is 0 Å². The molecule has 0 amide bonds. The Hall–Kier alpha value is -5.00. The smallest absolute Gasteiger partial charge is 0.305 e. The van der Waals surface area contributed by atoms with Crippen molar-refractivity contribution in [1.82, 2.24) is 19.9 Å². The fourth-order valence-electron chi connectivity index (χ4n) is 4.49. The van der Waals surface area contributed by atoms with E-state index in [1.165, 1.54) is 47.8 Å². The average molecular weight is 777 g/mol. The van der Waals surface area contributed by atoms with Gasteiger partial charge < -0.3 is 9.97 Å². The maximum Gasteiger partial charge on any atom is 2.00 e. The van der Waals surface area contributed by atoms with E-state index in [2.05, 4.69) is 85.7 Å². The molecule has 4 heterocycles. The minimum Gasteiger partial charge on any atom is -0.305 e. The van der Waals surface area contributed by atoms with Crippen LogP contribution in [-0.2, 0) is 27.9 Å². The van der Waals surface area contributed by atoms with Gasteiger partial charge in [0.15, 0.2) is 0 Å². The van der Waals surface area contributed by atoms with E-state index in [-0.39, 0.29) is 39.3 Å². The molecule has 13 heteroatoms. The summed E-state index contributed by atoms with van der Waals surface area (Å²) in [7, 11) is 0. The molecule has 0 radical (unpaired) electrons. The predicted molar refractivity (Wildman–Crippen MR) is 182 cm³/mol. The second-order valence-electron chi connectivity index (χ2n) is 13.3. The molecule has 2 aromatic carbocycles. The van der Waals surface area contributed by atoms with E-state index in [9.17, 15) is 35.1 Å². The van der Waals surface area contributed by atoms with Gasteiger partial charge in [-0.25, -0.2) is 17.6 Å². The van der Waals surface area contributed by atoms with E-state index in [1.807, 2.05) is 12.4 Å². The third-order valence-corrected chi connectivity index (χ3v) is 7.42. The summed E-state index contributed by atoms with van der Waals surface area (Å²) >= 11 is 0. The van der Waals surface area contributed by atoms with Crippen LogP contribution in [0.25, 0.3) is 33.9 Å². The van der Waals surface area contributed by atoms with Gasteiger partial charge in [0.25, 0.3) is 0 Å². The van der Waals surface area contributed by atoms with Gasteiger partial charge >= 0.3 is 17.1 Å². The molecule has 0 atom stereocenters. The van der Waals surface area contributed by atoms with Gasteiger partial charge in [-0.1, -0.05) is 89.1 Å². The molecule has 6 rings (SSSR count). The monoisotopic (exact) mass is 776 g/mol. The van der Waals surface area contributed by atoms with Crippen molar-refractivity contribution in [3.63, 3.8) is 0 Å². The van der Waals surface area contributed by atoms with Crippen molar-refractivity contribution in [3.8, 4) is 33.9 Å². The fraction of sp³-hybridized carbons (Fsp3) is 0.200. The number of rotatable bonds is 3. The Bertz CT molecular complexity index is 2000. The van der Waals surface area contributed by atoms with Gasteiger partial charge in [-0.15, -0.1) is 0 Å². The zero-order valence-electron chi connectivity index (χ0n) is 29.2. The standard InChI is InChI=1S/C18H24N2.2C11H4F4N.Fe/c1-17(2,3)13-7-9-19-15(11-13)16-12-14(8-10-20-16)18(4,5)6;2*12-7-5-6(8-3-1-2-4-16-8)9(13)11(15)10(7)14;/h7-12H,1-6H3;2*1-4H;/q;2*-1;+2. The van der Waals surface area contributed by atoms with Gasteiger partial charge in [0.05, 0.1) is 34.7 Å². The van der Waals surface area contributed by atoms with E-state index in [4.69, 9.17) is 0 Å². The van der Waals surface area contributed by atoms with Gasteiger partial charge in [-0.05, 0) is 69.7 Å². The van der Waals surface area contributed by atoms with Crippen LogP contribution in [0.3, 0.4) is 0 Å². The van der Waals surface area contributed by atoms with Crippen LogP contribution in [0.1, 0.15) is 52.7 Å². The van der Waals surface area contributed by atoms with Crippen LogP contribution in [0.4, 0.5) is 35.1 Å². The Kier molecular flexibility index (Phi) is 14.1. The Labute approximate surface area is 312 Å². The minimum absolute atomic E-state index is 0. The summed E-state index contributed by atoms with van der Waals surface area (Å²) in [5, 5.41) is 0. The Morgan fingerprint density at radius 3 is 1.06 bits per heavy atom. The number of nitrogens with zero attached hydrogens (tertiary/aromatic N) is 4. The molecule has 276 valence electrons. The molecule has 0 aliphatic rings. The second kappa shape index (κ2) is 17.7. The molecule has 4 nitrogen and oxygen atoms in total. The van der Waals surface area contributed by atoms with E-state index >= 15 is 0 Å². The SMILES string of the molecule is CC(C)(C)c1ccnc(-c2cc(C(C)(C)C)ccn2)c1.Fc1[c-]c(-c2ccccn2)c(F)c(F)c1F.Fc1[c-]c(-c2ccccn2)c(F)c(F)c1F.[Fe+2]. The fourth-order valence-corrected chi connectivity index (χ4v) is 4.49. The third-order valence-electron chi connectivity index (χ3n) is 7.42. The molecule has 0 aliphatic heterocycles. The topological polar surface area (TPSA) is 51.6 Å². The maximum absolute atomic E-state index is 13.3. The molecule has 0 N–H and O–H groups in total. The summed E-state index contributed by atoms with van der Waals surface area (Å²) in [6, 6.07) is 20.8. The normalized spacial score (nSPS) is 11.1. The van der Waals surface area contributed by atoms with Crippen LogP contribution in [-0.4, -0.2) is 19.9 Å². The third kappa shape index (κ3) is 10.5. The zero-order chi connectivity index (χ0) is 38.4. The summed E-state index contributed by atoms with van der Waals surface area (Å²) in [6.07, 6.45) is 6.40. The first-order chi connectivity index (χ1) is 24.4. The molecular weight excluding hydrogens is 744 g/mol. The first-order valence-electron chi connectivity index (χ1n) is 15.7. The molecule has 0 spiro atoms. The predicted octanol–water partition coefficient (Wildman–Crippen LogP) is 10.9. The van der Waals surface area contributed by atoms with E-state index in [0.717, 1.165) is 11.4 Å². The quantitative estimate of drug-likeness (QED) is 0.0591. The number of hydrogen-bond donors (Lipinski definition) is 0. The van der Waals surface area contributed by atoms with Crippen molar-refractivity contribution in [3.05, 3.63) is 155 Å². The van der Waals surface area contributed by atoms with Crippen molar-refractivity contribution < 1.29 is 52.2 Å². The van der Waals surface area contributed by atoms with Crippen molar-refractivity contribution in [2.24, 2.45) is 0 Å². The van der Waals surface area contributed by atoms with Crippen LogP contribution >= 0.6 is 0 Å². The van der Waals surface area contributed by atoms with E-state index in [1.54, 1.807) is 24.3 Å². The Balaban J connectivity index is 0.000000214. The minimum atomic E-state index is -1.88. The number of halogens is 8. The zero-order valence-corrected chi connectivity index (χ0v) is 30.4. The molecule has 0 bridgehead atoms. The summed E-state index contributed by atoms with van der Waals surface area (Å²) in [6.45, 7) is 13.3. The Morgan fingerprint density at radius 1 is 0.415 bits per heavy atom. The first-order valence-corrected chi connectivity index (χ1v) is 15.7. The van der Waals surface area contributed by atoms with E-state index in [0.29, 0.717) is 0 Å². The molecule has 0 saturated carbocycles. The number of aromatic nitrogens is 4. The average Bonchev–Trinajstić information content (AvgIpc) is 3.13. The number of pyridine rings is 4. The molecule has 0 saturated heterocycles. The molecule has 53 heavy (non-hydrogen) atoms. The van der Waals surface area contributed by atoms with Crippen molar-refractivity contribution in [2.75, 3.05) is 0 Å². The maximum atomic E-state index is 13.3. The van der Waals surface area contributed by atoms with Gasteiger partial charge in [0.2, 0.25) is 0 Å². The van der Waals surface area contributed by atoms with E-state index < -0.39 is 57.7 Å². The van der Waals surface area contributed by atoms with Gasteiger partial charge in [-0.2, -0.15) is 0 Å². The van der Waals surface area contributed by atoms with Crippen molar-refractivity contribution in [2.45, 2.75) is 52.4 Å². The van der Waals surface area contributed by atoms with Crippen LogP contribution in [0, 0.1) is 58.7 Å². The van der Waals surface area contributed by atoms with Gasteiger partial charge in [0, 0.05) is 24.8 Å². The van der Waals surface area contributed by atoms with Gasteiger partial charge in [-0.3, -0.25) is 27.5 Å². The number of hydrogen-bond acceptors (Lipinski definition) is 4. The largest absolute Gasteiger partial charge is 2.00 e. The Morgan fingerprint density at radius 2 is 0.755 bits per heavy atom. The van der Waals surface area contributed by atoms with Gasteiger partial charge in [0.1, 0.15) is 23.3 Å². The van der Waals surface area contributed by atoms with Crippen LogP contribution in [0.5, 0.6) is 0 Å². The summed E-state index contributed by atoms with van der Waals surface area (Å²) in [5.74, 6) is -13.6. The van der Waals surface area contributed by atoms with Crippen molar-refractivity contribution in [1.29, 1.82) is 0 Å². The molecule has 0 fully saturated rings. The first kappa shape index (κ1) is 42.4. The number of benzene rings is 2. The molecule has 0 unspecified atom stereocenters. The van der Waals surface area contributed by atoms with Crippen molar-refractivity contribution >= 4 is 0 Å². The summed E-state index contributed by atoms with van der Waals surface area (Å²) in [5.41, 5.74) is 3.62. The molecule has 4 aromatic heterocycles. The summed E-state index contributed by atoms with van der Waals surface area (Å²) in [4.78, 5) is 16.4. The molecule has 6 aromatic rings. The molecule has 0 aliphatic carbocycles. The van der Waals surface area contributed by atoms with Crippen LogP contribution in [0.15, 0.2) is 85.5 Å². The van der Waals surface area contributed by atoms with Crippen LogP contribution in [0.2, 0.25) is 0 Å².